The molecule has 42 heavy (non-hydrogen) atoms. The van der Waals surface area contributed by atoms with Crippen molar-refractivity contribution in [1.29, 1.82) is 0 Å². The molecule has 8 heteroatoms. The number of nitrogens with zero attached hydrogens (tertiary/aromatic N) is 1. The summed E-state index contributed by atoms with van der Waals surface area (Å²) in [7, 11) is 5.36. The van der Waals surface area contributed by atoms with Crippen LogP contribution in [0.3, 0.4) is 0 Å². The van der Waals surface area contributed by atoms with Gasteiger partial charge in [0.2, 0.25) is 0 Å². The monoisotopic (exact) mass is 593 g/mol. The first-order valence-electron chi connectivity index (χ1n) is 16.0. The van der Waals surface area contributed by atoms with E-state index < -0.39 is 18.1 Å². The largest absolute Gasteiger partial charge is 0.544 e. The van der Waals surface area contributed by atoms with Gasteiger partial charge in [0, 0.05) is 19.3 Å². The minimum absolute atomic E-state index is 0.0187. The fourth-order valence-corrected chi connectivity index (χ4v) is 4.23. The number of carboxylic acid groups (broad SMARTS) is 1. The Balaban J connectivity index is 4.61. The summed E-state index contributed by atoms with van der Waals surface area (Å²) < 4.78 is 16.9. The molecular weight excluding hydrogens is 534 g/mol. The molecule has 0 aliphatic heterocycles. The summed E-state index contributed by atoms with van der Waals surface area (Å²) in [6.45, 7) is 4.39. The number of hydrogen-bond acceptors (Lipinski definition) is 7. The molecule has 0 aliphatic rings. The van der Waals surface area contributed by atoms with Crippen LogP contribution in [0.2, 0.25) is 0 Å². The van der Waals surface area contributed by atoms with E-state index in [1.54, 1.807) is 21.1 Å². The van der Waals surface area contributed by atoms with Crippen molar-refractivity contribution in [2.24, 2.45) is 0 Å². The van der Waals surface area contributed by atoms with Crippen molar-refractivity contribution < 1.29 is 38.2 Å². The third kappa shape index (κ3) is 24.2. The van der Waals surface area contributed by atoms with E-state index in [1.165, 1.54) is 25.7 Å². The lowest BCUT2D eigenvalue weighted by atomic mass is 10.1. The topological polar surface area (TPSA) is 102 Å². The molecule has 0 heterocycles. The third-order valence-corrected chi connectivity index (χ3v) is 6.76. The van der Waals surface area contributed by atoms with Crippen LogP contribution in [0.15, 0.2) is 36.5 Å². The van der Waals surface area contributed by atoms with Crippen molar-refractivity contribution in [3.63, 3.8) is 0 Å². The Morgan fingerprint density at radius 1 is 0.738 bits per heavy atom. The quantitative estimate of drug-likeness (QED) is 0.0510. The van der Waals surface area contributed by atoms with Crippen LogP contribution in [-0.2, 0) is 28.6 Å². The van der Waals surface area contributed by atoms with Crippen LogP contribution in [0.5, 0.6) is 0 Å². The Bertz CT molecular complexity index is 798. The van der Waals surface area contributed by atoms with Gasteiger partial charge >= 0.3 is 11.9 Å². The molecule has 242 valence electrons. The van der Waals surface area contributed by atoms with E-state index in [2.05, 4.69) is 50.3 Å². The van der Waals surface area contributed by atoms with Gasteiger partial charge < -0.3 is 28.6 Å². The number of carbonyl (C=O) groups excluding carboxylic acids is 3. The highest BCUT2D eigenvalue weighted by atomic mass is 16.6. The summed E-state index contributed by atoms with van der Waals surface area (Å²) in [5.41, 5.74) is 0. The molecule has 0 saturated carbocycles. The standard InChI is InChI=1S/C34H59NO7/c1-6-8-10-12-14-16-18-20-22-24-32(36)41-29-30(28-40-27-26-31(34(38)39)35(3,4)5)42-33(37)25-23-21-19-17-15-13-11-9-7-2/h8,10,14,16-17,19,30-31H,6-7,9,11-13,15,18,20-29H2,1-5H3/b10-8+,16-14+,19-17+. The number of likely N-dealkylation sites (N-methyl/N-ethyl adjacent to an activating group) is 1. The van der Waals surface area contributed by atoms with Gasteiger partial charge in [-0.1, -0.05) is 69.6 Å². The first-order chi connectivity index (χ1) is 20.1. The molecule has 0 N–H and O–H groups in total. The number of ether oxygens (including phenoxy) is 3. The van der Waals surface area contributed by atoms with Crippen LogP contribution >= 0.6 is 0 Å². The van der Waals surface area contributed by atoms with Gasteiger partial charge in [-0.05, 0) is 57.8 Å². The van der Waals surface area contributed by atoms with Crippen LogP contribution in [0.4, 0.5) is 0 Å². The molecule has 0 spiro atoms. The highest BCUT2D eigenvalue weighted by Gasteiger charge is 2.25. The van der Waals surface area contributed by atoms with Crippen molar-refractivity contribution in [3.05, 3.63) is 36.5 Å². The fraction of sp³-hybridized carbons (Fsp3) is 0.735. The Hall–Kier alpha value is -2.45. The van der Waals surface area contributed by atoms with Gasteiger partial charge in [-0.15, -0.1) is 0 Å². The van der Waals surface area contributed by atoms with Gasteiger partial charge in [0.1, 0.15) is 12.6 Å². The summed E-state index contributed by atoms with van der Waals surface area (Å²) in [6.07, 6.45) is 24.9. The van der Waals surface area contributed by atoms with Gasteiger partial charge in [-0.3, -0.25) is 9.59 Å². The van der Waals surface area contributed by atoms with E-state index in [9.17, 15) is 19.5 Å². The maximum atomic E-state index is 12.5. The van der Waals surface area contributed by atoms with Crippen LogP contribution in [-0.4, -0.2) is 75.5 Å². The van der Waals surface area contributed by atoms with Crippen molar-refractivity contribution >= 4 is 17.9 Å². The molecular formula is C34H59NO7. The lowest BCUT2D eigenvalue weighted by Gasteiger charge is -2.34. The number of allylic oxidation sites excluding steroid dienone is 6. The highest BCUT2D eigenvalue weighted by molar-refractivity contribution is 5.70. The molecule has 0 aromatic heterocycles. The molecule has 2 unspecified atom stereocenters. The minimum Gasteiger partial charge on any atom is -0.544 e. The predicted molar refractivity (Wildman–Crippen MR) is 167 cm³/mol. The molecule has 0 saturated heterocycles. The van der Waals surface area contributed by atoms with Crippen molar-refractivity contribution in [3.8, 4) is 0 Å². The van der Waals surface area contributed by atoms with Gasteiger partial charge in [-0.25, -0.2) is 0 Å². The smallest absolute Gasteiger partial charge is 0.306 e. The van der Waals surface area contributed by atoms with Crippen molar-refractivity contribution in [2.45, 2.75) is 122 Å². The van der Waals surface area contributed by atoms with E-state index in [-0.39, 0.29) is 49.1 Å². The molecule has 0 amide bonds. The summed E-state index contributed by atoms with van der Waals surface area (Å²) in [5.74, 6) is -1.84. The second-order valence-corrected chi connectivity index (χ2v) is 11.7. The Kier molecular flexibility index (Phi) is 24.7. The Labute approximate surface area is 255 Å². The zero-order chi connectivity index (χ0) is 31.5. The Morgan fingerprint density at radius 2 is 1.36 bits per heavy atom. The van der Waals surface area contributed by atoms with Gasteiger partial charge in [0.05, 0.1) is 40.3 Å². The minimum atomic E-state index is -1.14. The van der Waals surface area contributed by atoms with E-state index >= 15 is 0 Å². The molecule has 0 aromatic rings. The van der Waals surface area contributed by atoms with Crippen molar-refractivity contribution in [1.82, 2.24) is 0 Å². The first-order valence-corrected chi connectivity index (χ1v) is 16.0. The average molecular weight is 594 g/mol. The number of rotatable bonds is 27. The number of unbranched alkanes of at least 4 members (excludes halogenated alkanes) is 7. The molecule has 0 aromatic carbocycles. The van der Waals surface area contributed by atoms with E-state index in [0.29, 0.717) is 12.8 Å². The number of esters is 2. The van der Waals surface area contributed by atoms with Gasteiger partial charge in [0.15, 0.2) is 6.10 Å². The third-order valence-electron chi connectivity index (χ3n) is 6.76. The van der Waals surface area contributed by atoms with Crippen molar-refractivity contribution in [2.75, 3.05) is 41.0 Å². The summed E-state index contributed by atoms with van der Waals surface area (Å²) in [5, 5.41) is 11.5. The maximum absolute atomic E-state index is 12.5. The molecule has 0 rings (SSSR count). The second kappa shape index (κ2) is 26.2. The average Bonchev–Trinajstić information content (AvgIpc) is 2.92. The van der Waals surface area contributed by atoms with Crippen LogP contribution in [0.25, 0.3) is 0 Å². The van der Waals surface area contributed by atoms with Gasteiger partial charge in [-0.2, -0.15) is 0 Å². The first kappa shape index (κ1) is 39.5. The number of carboxylic acids is 1. The lowest BCUT2D eigenvalue weighted by molar-refractivity contribution is -0.889. The van der Waals surface area contributed by atoms with E-state index in [1.807, 2.05) is 0 Å². The Morgan fingerprint density at radius 3 is 2.00 bits per heavy atom. The molecule has 2 atom stereocenters. The number of carbonyl (C=O) groups is 3. The van der Waals surface area contributed by atoms with Crippen LogP contribution in [0.1, 0.15) is 110 Å². The number of quaternary nitrogens is 1. The lowest BCUT2D eigenvalue weighted by Crippen LogP contribution is -2.55. The maximum Gasteiger partial charge on any atom is 0.306 e. The molecule has 0 radical (unpaired) electrons. The summed E-state index contributed by atoms with van der Waals surface area (Å²) >= 11 is 0. The van der Waals surface area contributed by atoms with Crippen LogP contribution < -0.4 is 5.11 Å². The van der Waals surface area contributed by atoms with E-state index in [0.717, 1.165) is 44.9 Å². The predicted octanol–water partition coefficient (Wildman–Crippen LogP) is 5.84. The number of hydrogen-bond donors (Lipinski definition) is 0. The molecule has 0 aliphatic carbocycles. The summed E-state index contributed by atoms with van der Waals surface area (Å²) in [4.78, 5) is 36.3. The normalized spacial score (nSPS) is 13.6. The molecule has 0 bridgehead atoms. The highest BCUT2D eigenvalue weighted by Crippen LogP contribution is 2.10. The second-order valence-electron chi connectivity index (χ2n) is 11.7. The van der Waals surface area contributed by atoms with Gasteiger partial charge in [0.25, 0.3) is 0 Å². The molecule has 8 nitrogen and oxygen atoms in total. The summed E-state index contributed by atoms with van der Waals surface area (Å²) in [6, 6.07) is -0.730. The van der Waals surface area contributed by atoms with Crippen LogP contribution in [0, 0.1) is 0 Å². The zero-order valence-corrected chi connectivity index (χ0v) is 27.2. The molecule has 0 fully saturated rings. The zero-order valence-electron chi connectivity index (χ0n) is 27.2. The number of aliphatic carboxylic acids is 1. The van der Waals surface area contributed by atoms with E-state index in [4.69, 9.17) is 14.2 Å². The fourth-order valence-electron chi connectivity index (χ4n) is 4.23. The SMILES string of the molecule is CC/C=C/C/C=C/CCCCC(=O)OCC(COCCC(C(=O)[O-])[N+](C)(C)C)OC(=O)CCC/C=C/CCCCCC.